The minimum absolute atomic E-state index is 0. The summed E-state index contributed by atoms with van der Waals surface area (Å²) in [7, 11) is 0. The predicted octanol–water partition coefficient (Wildman–Crippen LogP) is 8.62. The molecule has 0 spiro atoms. The monoisotopic (exact) mass is 750 g/mol. The van der Waals surface area contributed by atoms with Crippen LogP contribution in [-0.4, -0.2) is 15.1 Å². The van der Waals surface area contributed by atoms with E-state index in [4.69, 9.17) is 4.42 Å². The van der Waals surface area contributed by atoms with E-state index in [1.165, 1.54) is 0 Å². The molecule has 214 valence electrons. The van der Waals surface area contributed by atoms with E-state index in [0.717, 1.165) is 55.8 Å². The van der Waals surface area contributed by atoms with Gasteiger partial charge in [-0.05, 0) is 48.1 Å². The minimum Gasteiger partial charge on any atom is -0.506 e. The van der Waals surface area contributed by atoms with Crippen molar-refractivity contribution >= 4 is 33.3 Å². The molecule has 1 aliphatic heterocycles. The van der Waals surface area contributed by atoms with Crippen molar-refractivity contribution < 1.29 is 29.6 Å². The quantitative estimate of drug-likeness (QED) is 0.182. The standard InChI is InChI=1S/C22H13N2O.C15H12N2O.Ir/c1-2-10-21-16(7-1)17-13-15(19-8-3-5-11-23-19)14-18(22(17)25-21)20-9-4-6-12-24-20;18-15-9-5-4-8-14(15)17-11-10-16(12-17)13-6-2-1-3-7-13;/h1-13H;1-6,8-12,18H;/q-1;-2;+3. The fourth-order valence-corrected chi connectivity index (χ4v) is 4.98. The van der Waals surface area contributed by atoms with Crippen LogP contribution in [0.3, 0.4) is 0 Å². The summed E-state index contributed by atoms with van der Waals surface area (Å²) in [6.07, 6.45) is 7.40. The topological polar surface area (TPSA) is 65.6 Å². The zero-order chi connectivity index (χ0) is 29.0. The maximum atomic E-state index is 9.81. The summed E-state index contributed by atoms with van der Waals surface area (Å²) in [5, 5.41) is 11.9. The third-order valence-corrected chi connectivity index (χ3v) is 7.04. The number of rotatable bonds is 4. The van der Waals surface area contributed by atoms with Crippen LogP contribution in [0.4, 0.5) is 11.4 Å². The SMILES string of the molecule is Oc1ccccc1N1C=CN(c2[c-]cccc2)[CH-]1.[Ir+3].[c-]1c(-c2ccccn2)cc2c(oc3ccccc32)c1-c1ccccn1. The van der Waals surface area contributed by atoms with Crippen molar-refractivity contribution in [3.8, 4) is 28.3 Å². The summed E-state index contributed by atoms with van der Waals surface area (Å²) in [6.45, 7) is 1.90. The van der Waals surface area contributed by atoms with Crippen molar-refractivity contribution in [2.45, 2.75) is 0 Å². The van der Waals surface area contributed by atoms with Crippen LogP contribution in [0.25, 0.3) is 44.5 Å². The molecular formula is C37H25IrN4O2. The van der Waals surface area contributed by atoms with Gasteiger partial charge in [0.25, 0.3) is 0 Å². The van der Waals surface area contributed by atoms with Crippen molar-refractivity contribution in [2.75, 3.05) is 9.80 Å². The van der Waals surface area contributed by atoms with Gasteiger partial charge in [-0.2, -0.15) is 30.3 Å². The zero-order valence-corrected chi connectivity index (χ0v) is 25.7. The predicted molar refractivity (Wildman–Crippen MR) is 171 cm³/mol. The average molecular weight is 750 g/mol. The zero-order valence-electron chi connectivity index (χ0n) is 23.3. The number of hydrogen-bond donors (Lipinski definition) is 1. The Morgan fingerprint density at radius 3 is 2.16 bits per heavy atom. The summed E-state index contributed by atoms with van der Waals surface area (Å²) < 4.78 is 6.14. The largest absolute Gasteiger partial charge is 3.00 e. The smallest absolute Gasteiger partial charge is 0.506 e. The van der Waals surface area contributed by atoms with E-state index >= 15 is 0 Å². The Hall–Kier alpha value is -5.23. The Labute approximate surface area is 268 Å². The third-order valence-electron chi connectivity index (χ3n) is 7.04. The molecule has 1 N–H and O–H groups in total. The van der Waals surface area contributed by atoms with E-state index in [0.29, 0.717) is 0 Å². The first-order valence-electron chi connectivity index (χ1n) is 13.8. The number of phenolic OH excluding ortho intramolecular Hbond substituents is 1. The molecular weight excluding hydrogens is 725 g/mol. The van der Waals surface area contributed by atoms with Crippen molar-refractivity contribution in [1.82, 2.24) is 9.97 Å². The van der Waals surface area contributed by atoms with Gasteiger partial charge in [0.05, 0.1) is 11.3 Å². The second kappa shape index (κ2) is 13.0. The second-order valence-corrected chi connectivity index (χ2v) is 9.79. The number of furan rings is 1. The van der Waals surface area contributed by atoms with Gasteiger partial charge in [0, 0.05) is 29.2 Å². The molecule has 8 rings (SSSR count). The molecule has 7 aromatic rings. The number of hydrogen-bond acceptors (Lipinski definition) is 6. The number of para-hydroxylation sites is 4. The van der Waals surface area contributed by atoms with Crippen molar-refractivity contribution in [1.29, 1.82) is 0 Å². The Morgan fingerprint density at radius 2 is 1.41 bits per heavy atom. The van der Waals surface area contributed by atoms with E-state index in [9.17, 15) is 5.11 Å². The molecule has 1 aliphatic rings. The molecule has 44 heavy (non-hydrogen) atoms. The molecule has 0 radical (unpaired) electrons. The molecule has 0 saturated heterocycles. The van der Waals surface area contributed by atoms with Crippen LogP contribution in [0, 0.1) is 18.8 Å². The molecule has 0 aliphatic carbocycles. The Balaban J connectivity index is 0.000000161. The van der Waals surface area contributed by atoms with Gasteiger partial charge in [0.1, 0.15) is 11.3 Å². The van der Waals surface area contributed by atoms with Crippen LogP contribution in [0.1, 0.15) is 0 Å². The summed E-state index contributed by atoms with van der Waals surface area (Å²) in [5.41, 5.74) is 6.89. The molecule has 4 aromatic carbocycles. The molecule has 4 heterocycles. The fraction of sp³-hybridized carbons (Fsp3) is 0. The van der Waals surface area contributed by atoms with Crippen molar-refractivity contribution in [2.24, 2.45) is 0 Å². The first-order valence-corrected chi connectivity index (χ1v) is 13.8. The van der Waals surface area contributed by atoms with Gasteiger partial charge >= 0.3 is 20.1 Å². The van der Waals surface area contributed by atoms with Crippen LogP contribution in [0.5, 0.6) is 5.75 Å². The van der Waals surface area contributed by atoms with Gasteiger partial charge in [-0.1, -0.05) is 65.7 Å². The number of benzene rings is 4. The van der Waals surface area contributed by atoms with Crippen molar-refractivity contribution in [3.05, 3.63) is 159 Å². The van der Waals surface area contributed by atoms with E-state index in [-0.39, 0.29) is 25.9 Å². The first kappa shape index (κ1) is 28.9. The molecule has 0 fully saturated rings. The van der Waals surface area contributed by atoms with Crippen molar-refractivity contribution in [3.63, 3.8) is 0 Å². The van der Waals surface area contributed by atoms with Gasteiger partial charge in [0.2, 0.25) is 0 Å². The Kier molecular flexibility index (Phi) is 8.50. The van der Waals surface area contributed by atoms with Gasteiger partial charge in [-0.15, -0.1) is 24.5 Å². The number of nitrogens with zero attached hydrogens (tertiary/aromatic N) is 4. The minimum atomic E-state index is 0. The summed E-state index contributed by atoms with van der Waals surface area (Å²) >= 11 is 0. The second-order valence-electron chi connectivity index (χ2n) is 9.79. The molecule has 6 nitrogen and oxygen atoms in total. The van der Waals surface area contributed by atoms with E-state index < -0.39 is 0 Å². The normalized spacial score (nSPS) is 12.2. The number of aromatic nitrogens is 2. The van der Waals surface area contributed by atoms with Crippen LogP contribution >= 0.6 is 0 Å². The number of fused-ring (bicyclic) bond motifs is 3. The van der Waals surface area contributed by atoms with E-state index in [1.54, 1.807) is 24.5 Å². The Bertz CT molecular complexity index is 2030. The van der Waals surface area contributed by atoms with E-state index in [2.05, 4.69) is 34.2 Å². The molecule has 0 unspecified atom stereocenters. The van der Waals surface area contributed by atoms with Crippen LogP contribution in [0.15, 0.2) is 144 Å². The maximum absolute atomic E-state index is 9.81. The van der Waals surface area contributed by atoms with E-state index in [1.807, 2.05) is 120 Å². The molecule has 0 bridgehead atoms. The number of pyridine rings is 2. The first-order chi connectivity index (χ1) is 21.2. The molecule has 0 saturated carbocycles. The average Bonchev–Trinajstić information content (AvgIpc) is 3.72. The van der Waals surface area contributed by atoms with Crippen LogP contribution < -0.4 is 9.80 Å². The van der Waals surface area contributed by atoms with Gasteiger partial charge in [0.15, 0.2) is 0 Å². The van der Waals surface area contributed by atoms with Gasteiger partial charge < -0.3 is 19.3 Å². The number of anilines is 2. The molecule has 7 heteroatoms. The third kappa shape index (κ3) is 5.84. The summed E-state index contributed by atoms with van der Waals surface area (Å²) in [5.74, 6) is 0.261. The van der Waals surface area contributed by atoms with Gasteiger partial charge in [-0.3, -0.25) is 9.97 Å². The molecule has 0 amide bonds. The number of aromatic hydroxyl groups is 1. The van der Waals surface area contributed by atoms with Crippen LogP contribution in [-0.2, 0) is 20.1 Å². The van der Waals surface area contributed by atoms with Gasteiger partial charge in [-0.25, -0.2) is 0 Å². The molecule has 3 aromatic heterocycles. The summed E-state index contributed by atoms with van der Waals surface area (Å²) in [6, 6.07) is 43.5. The number of phenols is 1. The fourth-order valence-electron chi connectivity index (χ4n) is 4.98. The van der Waals surface area contributed by atoms with Crippen LogP contribution in [0.2, 0.25) is 0 Å². The summed E-state index contributed by atoms with van der Waals surface area (Å²) in [4.78, 5) is 12.8. The maximum Gasteiger partial charge on any atom is 3.00 e. The Morgan fingerprint density at radius 1 is 0.705 bits per heavy atom. The molecule has 0 atom stereocenters.